The second-order valence-corrected chi connectivity index (χ2v) is 10.4. The number of carbonyl (C=O) groups excluding carboxylic acids is 1. The van der Waals surface area contributed by atoms with Crippen molar-refractivity contribution < 1.29 is 13.2 Å². The lowest BCUT2D eigenvalue weighted by atomic mass is 10.1. The van der Waals surface area contributed by atoms with E-state index in [1.807, 2.05) is 45.9 Å². The Kier molecular flexibility index (Phi) is 6.68. The minimum Gasteiger partial charge on any atom is -0.306 e. The third-order valence-corrected chi connectivity index (χ3v) is 7.77. The van der Waals surface area contributed by atoms with Crippen molar-refractivity contribution in [1.82, 2.24) is 4.31 Å². The molecule has 162 valence electrons. The topological polar surface area (TPSA) is 57.7 Å². The molecule has 2 aromatic rings. The maximum absolute atomic E-state index is 13.5. The number of aryl methyl sites for hydroxylation is 3. The molecular weight excluding hydrogens is 396 g/mol. The number of carbonyl (C=O) groups is 1. The van der Waals surface area contributed by atoms with E-state index < -0.39 is 10.0 Å². The van der Waals surface area contributed by atoms with Crippen LogP contribution in [0.3, 0.4) is 0 Å². The highest BCUT2D eigenvalue weighted by Crippen LogP contribution is 2.28. The van der Waals surface area contributed by atoms with Gasteiger partial charge in [0.05, 0.1) is 4.90 Å². The van der Waals surface area contributed by atoms with Gasteiger partial charge in [-0.15, -0.1) is 0 Å². The molecule has 0 atom stereocenters. The second kappa shape index (κ2) is 8.90. The molecule has 1 aliphatic rings. The van der Waals surface area contributed by atoms with Crippen LogP contribution in [0.1, 0.15) is 60.2 Å². The number of amides is 1. The van der Waals surface area contributed by atoms with Crippen LogP contribution in [0, 0.1) is 20.8 Å². The molecule has 0 N–H and O–H groups in total. The molecule has 1 amide bonds. The minimum absolute atomic E-state index is 0.0681. The van der Waals surface area contributed by atoms with Gasteiger partial charge in [0.25, 0.3) is 5.91 Å². The molecule has 5 nitrogen and oxygen atoms in total. The second-order valence-electron chi connectivity index (χ2n) is 8.50. The van der Waals surface area contributed by atoms with Gasteiger partial charge < -0.3 is 4.90 Å². The van der Waals surface area contributed by atoms with Crippen LogP contribution in [0.2, 0.25) is 0 Å². The van der Waals surface area contributed by atoms with Crippen LogP contribution in [0.25, 0.3) is 0 Å². The predicted molar refractivity (Wildman–Crippen MR) is 122 cm³/mol. The average molecular weight is 429 g/mol. The van der Waals surface area contributed by atoms with E-state index in [0.29, 0.717) is 24.2 Å². The van der Waals surface area contributed by atoms with Gasteiger partial charge in [0, 0.05) is 30.4 Å². The SMILES string of the molecule is Cc1ccc(C)c(N(C(=O)c2ccc(C)c(S(=O)(=O)N3CCCCC3)c2)C(C)C)c1. The molecule has 1 aliphatic heterocycles. The normalized spacial score (nSPS) is 15.4. The quantitative estimate of drug-likeness (QED) is 0.685. The summed E-state index contributed by atoms with van der Waals surface area (Å²) in [5.41, 5.74) is 4.00. The average Bonchev–Trinajstić information content (AvgIpc) is 2.71. The first-order valence-corrected chi connectivity index (χ1v) is 12.1. The van der Waals surface area contributed by atoms with E-state index in [2.05, 4.69) is 0 Å². The molecule has 0 aliphatic carbocycles. The summed E-state index contributed by atoms with van der Waals surface area (Å²) in [5.74, 6) is -0.186. The van der Waals surface area contributed by atoms with Crippen LogP contribution in [0.4, 0.5) is 5.69 Å². The van der Waals surface area contributed by atoms with E-state index in [4.69, 9.17) is 0 Å². The molecule has 6 heteroatoms. The maximum atomic E-state index is 13.5. The van der Waals surface area contributed by atoms with Gasteiger partial charge in [-0.25, -0.2) is 8.42 Å². The maximum Gasteiger partial charge on any atom is 0.258 e. The zero-order valence-corrected chi connectivity index (χ0v) is 19.4. The molecule has 0 radical (unpaired) electrons. The van der Waals surface area contributed by atoms with Crippen molar-refractivity contribution in [2.24, 2.45) is 0 Å². The molecule has 1 heterocycles. The first-order valence-electron chi connectivity index (χ1n) is 10.6. The fourth-order valence-corrected chi connectivity index (χ4v) is 5.76. The molecule has 30 heavy (non-hydrogen) atoms. The molecule has 0 saturated carbocycles. The fraction of sp³-hybridized carbons (Fsp3) is 0.458. The van der Waals surface area contributed by atoms with Crippen LogP contribution in [0.5, 0.6) is 0 Å². The lowest BCUT2D eigenvalue weighted by Gasteiger charge is -2.30. The van der Waals surface area contributed by atoms with E-state index in [9.17, 15) is 13.2 Å². The lowest BCUT2D eigenvalue weighted by Crippen LogP contribution is -2.38. The van der Waals surface area contributed by atoms with Gasteiger partial charge >= 0.3 is 0 Å². The summed E-state index contributed by atoms with van der Waals surface area (Å²) >= 11 is 0. The minimum atomic E-state index is -3.61. The predicted octanol–water partition coefficient (Wildman–Crippen LogP) is 4.84. The molecule has 0 spiro atoms. The smallest absolute Gasteiger partial charge is 0.258 e. The van der Waals surface area contributed by atoms with Crippen molar-refractivity contribution in [1.29, 1.82) is 0 Å². The van der Waals surface area contributed by atoms with Crippen LogP contribution in [-0.4, -0.2) is 37.8 Å². The van der Waals surface area contributed by atoms with E-state index in [-0.39, 0.29) is 16.8 Å². The van der Waals surface area contributed by atoms with Crippen molar-refractivity contribution in [2.45, 2.75) is 64.8 Å². The number of benzene rings is 2. The Morgan fingerprint density at radius 3 is 2.20 bits per heavy atom. The summed E-state index contributed by atoms with van der Waals surface area (Å²) in [6.07, 6.45) is 2.82. The van der Waals surface area contributed by atoms with Crippen LogP contribution < -0.4 is 4.90 Å². The summed E-state index contributed by atoms with van der Waals surface area (Å²) in [7, 11) is -3.61. The number of hydrogen-bond acceptors (Lipinski definition) is 3. The van der Waals surface area contributed by atoms with E-state index in [0.717, 1.165) is 36.1 Å². The van der Waals surface area contributed by atoms with Crippen molar-refractivity contribution in [3.63, 3.8) is 0 Å². The van der Waals surface area contributed by atoms with E-state index >= 15 is 0 Å². The third-order valence-electron chi connectivity index (χ3n) is 5.73. The lowest BCUT2D eigenvalue weighted by molar-refractivity contribution is 0.0980. The number of hydrogen-bond donors (Lipinski definition) is 0. The molecule has 3 rings (SSSR count). The van der Waals surface area contributed by atoms with Crippen molar-refractivity contribution in [2.75, 3.05) is 18.0 Å². The molecule has 1 saturated heterocycles. The Morgan fingerprint density at radius 1 is 0.933 bits per heavy atom. The summed E-state index contributed by atoms with van der Waals surface area (Å²) in [5, 5.41) is 0. The van der Waals surface area contributed by atoms with Gasteiger partial charge in [-0.2, -0.15) is 4.31 Å². The Labute approximate surface area is 180 Å². The van der Waals surface area contributed by atoms with Crippen molar-refractivity contribution in [3.05, 3.63) is 58.7 Å². The summed E-state index contributed by atoms with van der Waals surface area (Å²) in [6, 6.07) is 11.0. The largest absolute Gasteiger partial charge is 0.306 e. The first-order chi connectivity index (χ1) is 14.1. The fourth-order valence-electron chi connectivity index (χ4n) is 4.00. The Bertz CT molecular complexity index is 1040. The third kappa shape index (κ3) is 4.44. The highest BCUT2D eigenvalue weighted by Gasteiger charge is 2.29. The number of piperidine rings is 1. The van der Waals surface area contributed by atoms with Crippen molar-refractivity contribution in [3.8, 4) is 0 Å². The standard InChI is InChI=1S/C24H32N2O3S/c1-17(2)26(22-15-18(3)9-10-19(22)4)24(27)21-12-11-20(5)23(16-21)30(28,29)25-13-7-6-8-14-25/h9-12,15-17H,6-8,13-14H2,1-5H3. The summed E-state index contributed by atoms with van der Waals surface area (Å²) < 4.78 is 28.1. The monoisotopic (exact) mass is 428 g/mol. The van der Waals surface area contributed by atoms with Gasteiger partial charge in [-0.3, -0.25) is 4.79 Å². The van der Waals surface area contributed by atoms with Gasteiger partial charge in [0.15, 0.2) is 0 Å². The van der Waals surface area contributed by atoms with E-state index in [1.54, 1.807) is 34.3 Å². The molecule has 0 unspecified atom stereocenters. The van der Waals surface area contributed by atoms with Crippen LogP contribution in [0.15, 0.2) is 41.3 Å². The van der Waals surface area contributed by atoms with E-state index in [1.165, 1.54) is 0 Å². The Morgan fingerprint density at radius 2 is 1.57 bits per heavy atom. The molecule has 0 aromatic heterocycles. The molecule has 2 aromatic carbocycles. The number of rotatable bonds is 5. The van der Waals surface area contributed by atoms with Crippen LogP contribution in [-0.2, 0) is 10.0 Å². The van der Waals surface area contributed by atoms with Gasteiger partial charge in [-0.05, 0) is 82.3 Å². The summed E-state index contributed by atoms with van der Waals surface area (Å²) in [4.78, 5) is 15.5. The molecular formula is C24H32N2O3S. The number of nitrogens with zero attached hydrogens (tertiary/aromatic N) is 2. The zero-order chi connectivity index (χ0) is 22.1. The Balaban J connectivity index is 2.03. The number of anilines is 1. The van der Waals surface area contributed by atoms with Gasteiger partial charge in [0.2, 0.25) is 10.0 Å². The number of sulfonamides is 1. The highest BCUT2D eigenvalue weighted by molar-refractivity contribution is 7.89. The van der Waals surface area contributed by atoms with Crippen molar-refractivity contribution >= 4 is 21.6 Å². The highest BCUT2D eigenvalue weighted by atomic mass is 32.2. The molecule has 0 bridgehead atoms. The summed E-state index contributed by atoms with van der Waals surface area (Å²) in [6.45, 7) is 10.8. The molecule has 1 fully saturated rings. The zero-order valence-electron chi connectivity index (χ0n) is 18.6. The van der Waals surface area contributed by atoms with Gasteiger partial charge in [-0.1, -0.05) is 24.6 Å². The first kappa shape index (κ1) is 22.5. The van der Waals surface area contributed by atoms with Gasteiger partial charge in [0.1, 0.15) is 0 Å². The Hall–Kier alpha value is -2.18. The van der Waals surface area contributed by atoms with Crippen LogP contribution >= 0.6 is 0 Å².